The minimum absolute atomic E-state index is 0. The maximum Gasteiger partial charge on any atom is 0.191 e. The summed E-state index contributed by atoms with van der Waals surface area (Å²) in [5, 5.41) is 7.40. The van der Waals surface area contributed by atoms with Crippen molar-refractivity contribution in [2.45, 2.75) is 19.4 Å². The zero-order valence-electron chi connectivity index (χ0n) is 17.6. The normalized spacial score (nSPS) is 15.9. The molecule has 3 rings (SSSR count). The molecule has 1 aromatic heterocycles. The minimum atomic E-state index is 0. The lowest BCUT2D eigenvalue weighted by atomic mass is 10.0. The Kier molecular flexibility index (Phi) is 10.8. The van der Waals surface area contributed by atoms with Gasteiger partial charge in [0.05, 0.1) is 19.3 Å². The van der Waals surface area contributed by atoms with Crippen molar-refractivity contribution in [2.24, 2.45) is 4.99 Å². The fourth-order valence-corrected chi connectivity index (χ4v) is 3.54. The van der Waals surface area contributed by atoms with E-state index in [1.807, 2.05) is 18.3 Å². The van der Waals surface area contributed by atoms with Crippen molar-refractivity contribution in [3.8, 4) is 0 Å². The van der Waals surface area contributed by atoms with Crippen molar-refractivity contribution in [3.05, 3.63) is 64.4 Å². The third-order valence-electron chi connectivity index (χ3n) is 5.13. The highest BCUT2D eigenvalue weighted by Crippen LogP contribution is 2.21. The molecule has 1 unspecified atom stereocenters. The van der Waals surface area contributed by atoms with Gasteiger partial charge in [0.15, 0.2) is 5.96 Å². The van der Waals surface area contributed by atoms with Crippen LogP contribution in [0.2, 0.25) is 5.15 Å². The molecule has 30 heavy (non-hydrogen) atoms. The van der Waals surface area contributed by atoms with Crippen LogP contribution < -0.4 is 10.6 Å². The van der Waals surface area contributed by atoms with E-state index in [2.05, 4.69) is 56.7 Å². The van der Waals surface area contributed by atoms with E-state index in [9.17, 15) is 0 Å². The molecule has 8 heteroatoms. The Morgan fingerprint density at radius 2 is 1.90 bits per heavy atom. The Labute approximate surface area is 201 Å². The highest BCUT2D eigenvalue weighted by atomic mass is 127. The van der Waals surface area contributed by atoms with E-state index in [1.165, 1.54) is 11.1 Å². The zero-order valence-corrected chi connectivity index (χ0v) is 20.7. The second-order valence-electron chi connectivity index (χ2n) is 7.19. The maximum atomic E-state index is 5.84. The van der Waals surface area contributed by atoms with E-state index in [0.717, 1.165) is 57.3 Å². The maximum absolute atomic E-state index is 5.84. The highest BCUT2D eigenvalue weighted by Gasteiger charge is 2.22. The molecule has 2 aromatic rings. The summed E-state index contributed by atoms with van der Waals surface area (Å²) in [4.78, 5) is 11.0. The number of guanidine groups is 1. The lowest BCUT2D eigenvalue weighted by molar-refractivity contribution is 0.0170. The molecule has 0 bridgehead atoms. The summed E-state index contributed by atoms with van der Waals surface area (Å²) in [6.45, 7) is 7.12. The second-order valence-corrected chi connectivity index (χ2v) is 7.58. The number of nitrogens with one attached hydrogen (secondary N) is 2. The third kappa shape index (κ3) is 7.68. The summed E-state index contributed by atoms with van der Waals surface area (Å²) in [5.41, 5.74) is 3.73. The summed E-state index contributed by atoms with van der Waals surface area (Å²) in [6.07, 6.45) is 2.67. The van der Waals surface area contributed by atoms with Gasteiger partial charge in [-0.05, 0) is 30.5 Å². The van der Waals surface area contributed by atoms with Crippen LogP contribution in [-0.4, -0.2) is 62.3 Å². The molecule has 0 saturated carbocycles. The number of aliphatic imine (C=N–C) groups is 1. The molecule has 1 fully saturated rings. The predicted molar refractivity (Wildman–Crippen MR) is 134 cm³/mol. The van der Waals surface area contributed by atoms with Crippen LogP contribution in [0.1, 0.15) is 22.7 Å². The smallest absolute Gasteiger partial charge is 0.191 e. The summed E-state index contributed by atoms with van der Waals surface area (Å²) < 4.78 is 5.54. The van der Waals surface area contributed by atoms with Crippen LogP contribution in [0.5, 0.6) is 0 Å². The molecule has 1 aliphatic heterocycles. The number of pyridine rings is 1. The van der Waals surface area contributed by atoms with Crippen LogP contribution in [0.3, 0.4) is 0 Å². The van der Waals surface area contributed by atoms with E-state index >= 15 is 0 Å². The fourth-order valence-electron chi connectivity index (χ4n) is 3.43. The van der Waals surface area contributed by atoms with E-state index in [0.29, 0.717) is 5.15 Å². The molecule has 6 nitrogen and oxygen atoms in total. The second kappa shape index (κ2) is 13.1. The molecule has 2 N–H and O–H groups in total. The standard InChI is InChI=1S/C22H30ClN5O.HI/c1-17-3-6-19(7-4-17)20(28-11-13-29-14-12-28)16-27-22(24-2)25-10-9-18-5-8-21(23)26-15-18;/h3-8,15,20H,9-14,16H2,1-2H3,(H2,24,25,27);1H. The molecule has 1 aliphatic rings. The molecule has 1 atom stereocenters. The molecule has 1 saturated heterocycles. The monoisotopic (exact) mass is 543 g/mol. The topological polar surface area (TPSA) is 61.8 Å². The summed E-state index contributed by atoms with van der Waals surface area (Å²) >= 11 is 5.84. The van der Waals surface area contributed by atoms with Crippen LogP contribution >= 0.6 is 35.6 Å². The van der Waals surface area contributed by atoms with Gasteiger partial charge in [-0.1, -0.05) is 47.5 Å². The number of ether oxygens (including phenoxy) is 1. The average molecular weight is 544 g/mol. The first kappa shape index (κ1) is 24.8. The van der Waals surface area contributed by atoms with Gasteiger partial charge < -0.3 is 15.4 Å². The number of nitrogens with zero attached hydrogens (tertiary/aromatic N) is 3. The van der Waals surface area contributed by atoms with E-state index in [1.54, 1.807) is 7.05 Å². The van der Waals surface area contributed by atoms with Crippen molar-refractivity contribution < 1.29 is 4.74 Å². The van der Waals surface area contributed by atoms with Gasteiger partial charge in [0.25, 0.3) is 0 Å². The van der Waals surface area contributed by atoms with Gasteiger partial charge in [-0.3, -0.25) is 9.89 Å². The van der Waals surface area contributed by atoms with Crippen LogP contribution in [0.4, 0.5) is 0 Å². The number of hydrogen-bond donors (Lipinski definition) is 2. The molecule has 1 aromatic carbocycles. The van der Waals surface area contributed by atoms with Gasteiger partial charge in [-0.25, -0.2) is 4.98 Å². The molecule has 164 valence electrons. The Morgan fingerprint density at radius 1 is 1.17 bits per heavy atom. The Bertz CT molecular complexity index is 779. The first-order chi connectivity index (χ1) is 14.2. The van der Waals surface area contributed by atoms with Gasteiger partial charge in [0.1, 0.15) is 5.15 Å². The summed E-state index contributed by atoms with van der Waals surface area (Å²) in [7, 11) is 1.80. The van der Waals surface area contributed by atoms with E-state index in [4.69, 9.17) is 16.3 Å². The lowest BCUT2D eigenvalue weighted by Gasteiger charge is -2.35. The van der Waals surface area contributed by atoms with Crippen molar-refractivity contribution in [1.29, 1.82) is 0 Å². The van der Waals surface area contributed by atoms with Crippen LogP contribution in [-0.2, 0) is 11.2 Å². The lowest BCUT2D eigenvalue weighted by Crippen LogP contribution is -2.46. The summed E-state index contributed by atoms with van der Waals surface area (Å²) in [6, 6.07) is 12.9. The van der Waals surface area contributed by atoms with Crippen LogP contribution in [0.15, 0.2) is 47.6 Å². The van der Waals surface area contributed by atoms with E-state index < -0.39 is 0 Å². The fraction of sp³-hybridized carbons (Fsp3) is 0.455. The molecular formula is C22H31ClIN5O. The first-order valence-corrected chi connectivity index (χ1v) is 10.5. The Hall–Kier alpha value is -1.42. The van der Waals surface area contributed by atoms with Gasteiger partial charge in [0, 0.05) is 39.4 Å². The Morgan fingerprint density at radius 3 is 2.53 bits per heavy atom. The molecule has 0 spiro atoms. The first-order valence-electron chi connectivity index (χ1n) is 10.1. The molecule has 0 amide bonds. The number of hydrogen-bond acceptors (Lipinski definition) is 4. The van der Waals surface area contributed by atoms with Gasteiger partial charge in [-0.2, -0.15) is 0 Å². The number of morpholine rings is 1. The van der Waals surface area contributed by atoms with Crippen LogP contribution in [0.25, 0.3) is 0 Å². The number of benzene rings is 1. The number of aryl methyl sites for hydroxylation is 1. The van der Waals surface area contributed by atoms with E-state index in [-0.39, 0.29) is 30.0 Å². The molecule has 0 aliphatic carbocycles. The highest BCUT2D eigenvalue weighted by molar-refractivity contribution is 14.0. The van der Waals surface area contributed by atoms with Gasteiger partial charge >= 0.3 is 0 Å². The predicted octanol–water partition coefficient (Wildman–Crippen LogP) is 3.44. The summed E-state index contributed by atoms with van der Waals surface area (Å²) in [5.74, 6) is 0.803. The number of halogens is 2. The van der Waals surface area contributed by atoms with Crippen molar-refractivity contribution in [2.75, 3.05) is 46.4 Å². The molecule has 2 heterocycles. The average Bonchev–Trinajstić information content (AvgIpc) is 2.76. The number of aromatic nitrogens is 1. The van der Waals surface area contributed by atoms with Crippen molar-refractivity contribution >= 4 is 41.5 Å². The molecular weight excluding hydrogens is 513 g/mol. The van der Waals surface area contributed by atoms with Gasteiger partial charge in [0.2, 0.25) is 0 Å². The van der Waals surface area contributed by atoms with Crippen molar-refractivity contribution in [1.82, 2.24) is 20.5 Å². The largest absolute Gasteiger partial charge is 0.379 e. The molecule has 0 radical (unpaired) electrons. The van der Waals surface area contributed by atoms with Gasteiger partial charge in [-0.15, -0.1) is 24.0 Å². The SMILES string of the molecule is CN=C(NCCc1ccc(Cl)nc1)NCC(c1ccc(C)cc1)N1CCOCC1.I. The Balaban J connectivity index is 0.00000320. The quantitative estimate of drug-likeness (QED) is 0.243. The minimum Gasteiger partial charge on any atom is -0.379 e. The van der Waals surface area contributed by atoms with Crippen molar-refractivity contribution in [3.63, 3.8) is 0 Å². The van der Waals surface area contributed by atoms with Crippen LogP contribution in [0, 0.1) is 6.92 Å². The zero-order chi connectivity index (χ0) is 20.5. The third-order valence-corrected chi connectivity index (χ3v) is 5.35. The number of rotatable bonds is 7.